The van der Waals surface area contributed by atoms with Gasteiger partial charge in [0, 0.05) is 22.1 Å². The van der Waals surface area contributed by atoms with E-state index in [1.807, 2.05) is 31.2 Å². The molecule has 1 aromatic carbocycles. The highest BCUT2D eigenvalue weighted by Gasteiger charge is 2.10. The molecule has 100 valence electrons. The number of anilines is 1. The average molecular weight is 295 g/mol. The Balaban J connectivity index is 1.85. The van der Waals surface area contributed by atoms with E-state index in [4.69, 9.17) is 17.3 Å². The Bertz CT molecular complexity index is 558. The van der Waals surface area contributed by atoms with E-state index >= 15 is 0 Å². The first kappa shape index (κ1) is 13.9. The second-order valence-corrected chi connectivity index (χ2v) is 5.95. The molecular weight excluding hydrogens is 280 g/mol. The van der Waals surface area contributed by atoms with Crippen LogP contribution in [-0.2, 0) is 6.42 Å². The number of rotatable bonds is 4. The number of nitrogens with two attached hydrogens (primary N) is 1. The summed E-state index contributed by atoms with van der Waals surface area (Å²) in [6, 6.07) is 9.34. The van der Waals surface area contributed by atoms with Crippen LogP contribution < -0.4 is 11.1 Å². The highest BCUT2D eigenvalue weighted by Crippen LogP contribution is 2.23. The fraction of sp³-hybridized carbons (Fsp3) is 0.214. The van der Waals surface area contributed by atoms with Gasteiger partial charge in [-0.1, -0.05) is 23.7 Å². The summed E-state index contributed by atoms with van der Waals surface area (Å²) in [4.78, 5) is 13.5. The van der Waals surface area contributed by atoms with Gasteiger partial charge in [-0.25, -0.2) is 0 Å². The zero-order valence-electron chi connectivity index (χ0n) is 10.6. The lowest BCUT2D eigenvalue weighted by molar-refractivity contribution is 0.0958. The molecule has 0 bridgehead atoms. The lowest BCUT2D eigenvalue weighted by atomic mass is 10.1. The predicted octanol–water partition coefficient (Wildman–Crippen LogP) is 3.26. The molecule has 0 aliphatic rings. The minimum absolute atomic E-state index is 0.0706. The summed E-state index contributed by atoms with van der Waals surface area (Å²) in [7, 11) is 0. The standard InChI is InChI=1S/C14H15ClN2OS/c1-9-12(16)8-13(19-9)14(18)17-7-6-10-2-4-11(15)5-3-10/h2-5,8H,6-7,16H2,1H3,(H,17,18). The minimum Gasteiger partial charge on any atom is -0.398 e. The van der Waals surface area contributed by atoms with Gasteiger partial charge in [0.1, 0.15) is 0 Å². The molecule has 2 rings (SSSR count). The Morgan fingerprint density at radius 1 is 1.37 bits per heavy atom. The molecule has 0 aliphatic heterocycles. The second kappa shape index (κ2) is 6.08. The van der Waals surface area contributed by atoms with Gasteiger partial charge in [0.2, 0.25) is 0 Å². The van der Waals surface area contributed by atoms with Crippen molar-refractivity contribution >= 4 is 34.5 Å². The van der Waals surface area contributed by atoms with Gasteiger partial charge in [-0.3, -0.25) is 4.79 Å². The van der Waals surface area contributed by atoms with Gasteiger partial charge in [0.15, 0.2) is 0 Å². The molecule has 19 heavy (non-hydrogen) atoms. The molecule has 0 saturated heterocycles. The van der Waals surface area contributed by atoms with E-state index in [-0.39, 0.29) is 5.91 Å². The van der Waals surface area contributed by atoms with Crippen LogP contribution in [0.3, 0.4) is 0 Å². The number of hydrogen-bond acceptors (Lipinski definition) is 3. The van der Waals surface area contributed by atoms with Crippen LogP contribution in [0.5, 0.6) is 0 Å². The zero-order chi connectivity index (χ0) is 13.8. The van der Waals surface area contributed by atoms with Crippen molar-refractivity contribution in [3.8, 4) is 0 Å². The first-order valence-electron chi connectivity index (χ1n) is 5.95. The van der Waals surface area contributed by atoms with Crippen molar-refractivity contribution in [2.75, 3.05) is 12.3 Å². The van der Waals surface area contributed by atoms with Gasteiger partial charge in [-0.15, -0.1) is 11.3 Å². The zero-order valence-corrected chi connectivity index (χ0v) is 12.1. The van der Waals surface area contributed by atoms with Crippen molar-refractivity contribution in [1.82, 2.24) is 5.32 Å². The summed E-state index contributed by atoms with van der Waals surface area (Å²) in [5.41, 5.74) is 7.55. The molecule has 0 fully saturated rings. The first-order valence-corrected chi connectivity index (χ1v) is 7.14. The number of thiophene rings is 1. The van der Waals surface area contributed by atoms with E-state index < -0.39 is 0 Å². The van der Waals surface area contributed by atoms with Crippen LogP contribution >= 0.6 is 22.9 Å². The smallest absolute Gasteiger partial charge is 0.261 e. The van der Waals surface area contributed by atoms with Gasteiger partial charge in [-0.2, -0.15) is 0 Å². The summed E-state index contributed by atoms with van der Waals surface area (Å²) in [5, 5.41) is 3.61. The van der Waals surface area contributed by atoms with E-state index in [9.17, 15) is 4.79 Å². The Morgan fingerprint density at radius 2 is 2.05 bits per heavy atom. The number of hydrogen-bond donors (Lipinski definition) is 2. The van der Waals surface area contributed by atoms with Gasteiger partial charge >= 0.3 is 0 Å². The van der Waals surface area contributed by atoms with Crippen LogP contribution in [0, 0.1) is 6.92 Å². The highest BCUT2D eigenvalue weighted by atomic mass is 35.5. The lowest BCUT2D eigenvalue weighted by Crippen LogP contribution is -2.24. The quantitative estimate of drug-likeness (QED) is 0.909. The van der Waals surface area contributed by atoms with Crippen LogP contribution in [0.1, 0.15) is 20.1 Å². The summed E-state index contributed by atoms with van der Waals surface area (Å²) in [5.74, 6) is -0.0706. The fourth-order valence-electron chi connectivity index (χ4n) is 1.67. The van der Waals surface area contributed by atoms with Gasteiger partial charge in [0.25, 0.3) is 5.91 Å². The van der Waals surface area contributed by atoms with Gasteiger partial charge in [0.05, 0.1) is 4.88 Å². The number of aryl methyl sites for hydroxylation is 1. The van der Waals surface area contributed by atoms with E-state index in [2.05, 4.69) is 5.32 Å². The van der Waals surface area contributed by atoms with E-state index in [1.165, 1.54) is 11.3 Å². The van der Waals surface area contributed by atoms with Crippen molar-refractivity contribution in [1.29, 1.82) is 0 Å². The third kappa shape index (κ3) is 3.72. The topological polar surface area (TPSA) is 55.1 Å². The van der Waals surface area contributed by atoms with Crippen LogP contribution in [-0.4, -0.2) is 12.5 Å². The number of amides is 1. The van der Waals surface area contributed by atoms with Crippen LogP contribution in [0.2, 0.25) is 5.02 Å². The number of carbonyl (C=O) groups excluding carboxylic acids is 1. The molecule has 0 unspecified atom stereocenters. The molecule has 0 saturated carbocycles. The first-order chi connectivity index (χ1) is 9.06. The van der Waals surface area contributed by atoms with Crippen LogP contribution in [0.15, 0.2) is 30.3 Å². The molecule has 0 atom stereocenters. The largest absolute Gasteiger partial charge is 0.398 e. The minimum atomic E-state index is -0.0706. The van der Waals surface area contributed by atoms with Crippen molar-refractivity contribution in [3.63, 3.8) is 0 Å². The van der Waals surface area contributed by atoms with E-state index in [0.29, 0.717) is 17.1 Å². The van der Waals surface area contributed by atoms with E-state index in [1.54, 1.807) is 6.07 Å². The molecule has 3 N–H and O–H groups in total. The Labute approximate surface area is 121 Å². The molecule has 1 heterocycles. The Hall–Kier alpha value is -1.52. The molecule has 0 spiro atoms. The average Bonchev–Trinajstić information content (AvgIpc) is 2.72. The number of carbonyl (C=O) groups is 1. The monoisotopic (exact) mass is 294 g/mol. The van der Waals surface area contributed by atoms with E-state index in [0.717, 1.165) is 21.9 Å². The number of benzene rings is 1. The summed E-state index contributed by atoms with van der Waals surface area (Å²) < 4.78 is 0. The van der Waals surface area contributed by atoms with Crippen molar-refractivity contribution in [3.05, 3.63) is 50.7 Å². The van der Waals surface area contributed by atoms with Crippen molar-refractivity contribution in [2.45, 2.75) is 13.3 Å². The maximum atomic E-state index is 11.9. The summed E-state index contributed by atoms with van der Waals surface area (Å²) in [6.07, 6.45) is 0.781. The molecule has 2 aromatic rings. The van der Waals surface area contributed by atoms with Gasteiger partial charge < -0.3 is 11.1 Å². The molecule has 1 amide bonds. The molecule has 0 radical (unpaired) electrons. The third-order valence-corrected chi connectivity index (χ3v) is 4.11. The molecule has 3 nitrogen and oxygen atoms in total. The van der Waals surface area contributed by atoms with Crippen molar-refractivity contribution in [2.24, 2.45) is 0 Å². The normalized spacial score (nSPS) is 10.4. The lowest BCUT2D eigenvalue weighted by Gasteiger charge is -2.04. The SMILES string of the molecule is Cc1sc(C(=O)NCCc2ccc(Cl)cc2)cc1N. The van der Waals surface area contributed by atoms with Crippen molar-refractivity contribution < 1.29 is 4.79 Å². The summed E-state index contributed by atoms with van der Waals surface area (Å²) in [6.45, 7) is 2.50. The highest BCUT2D eigenvalue weighted by molar-refractivity contribution is 7.14. The molecule has 1 aromatic heterocycles. The molecule has 0 aliphatic carbocycles. The van der Waals surface area contributed by atoms with Gasteiger partial charge in [-0.05, 0) is 37.1 Å². The third-order valence-electron chi connectivity index (χ3n) is 2.79. The Morgan fingerprint density at radius 3 is 2.63 bits per heavy atom. The van der Waals surface area contributed by atoms with Crippen LogP contribution in [0.4, 0.5) is 5.69 Å². The fourth-order valence-corrected chi connectivity index (χ4v) is 2.65. The molecule has 5 heteroatoms. The maximum absolute atomic E-state index is 11.9. The predicted molar refractivity (Wildman–Crippen MR) is 81.0 cm³/mol. The summed E-state index contributed by atoms with van der Waals surface area (Å²) >= 11 is 7.23. The number of halogens is 1. The Kier molecular flexibility index (Phi) is 4.45. The maximum Gasteiger partial charge on any atom is 0.261 e. The molecular formula is C14H15ClN2OS. The number of nitrogen functional groups attached to an aromatic ring is 1. The number of nitrogens with one attached hydrogen (secondary N) is 1. The second-order valence-electron chi connectivity index (χ2n) is 4.25. The van der Waals surface area contributed by atoms with Crippen LogP contribution in [0.25, 0.3) is 0 Å².